The number of halogens is 1. The van der Waals surface area contributed by atoms with E-state index >= 15 is 0 Å². The van der Waals surface area contributed by atoms with Crippen molar-refractivity contribution in [1.82, 2.24) is 4.72 Å². The van der Waals surface area contributed by atoms with Crippen LogP contribution in [0, 0.1) is 0 Å². The van der Waals surface area contributed by atoms with E-state index in [9.17, 15) is 0 Å². The highest BCUT2D eigenvalue weighted by molar-refractivity contribution is 14.2. The van der Waals surface area contributed by atoms with Crippen LogP contribution in [0.1, 0.15) is 13.3 Å². The molecule has 0 bridgehead atoms. The molecule has 0 radical (unpaired) electrons. The number of aliphatic imine (C=N–C) groups is 1. The third kappa shape index (κ3) is 6.23. The summed E-state index contributed by atoms with van der Waals surface area (Å²) in [5.41, 5.74) is 5.38. The van der Waals surface area contributed by atoms with Crippen LogP contribution in [0.5, 0.6) is 0 Å². The second-order valence-electron chi connectivity index (χ2n) is 1.45. The molecule has 0 amide bonds. The van der Waals surface area contributed by atoms with E-state index in [0.29, 0.717) is 5.96 Å². The van der Waals surface area contributed by atoms with Gasteiger partial charge in [0, 0.05) is 36.9 Å². The number of nitrogens with two attached hydrogens (primary N) is 1. The third-order valence-corrected chi connectivity index (χ3v) is 1.60. The van der Waals surface area contributed by atoms with Crippen molar-refractivity contribution < 1.29 is 0 Å². The molecule has 0 heterocycles. The maximum atomic E-state index is 5.38. The molecule has 0 aliphatic carbocycles. The van der Waals surface area contributed by atoms with Crippen molar-refractivity contribution in [2.75, 3.05) is 6.54 Å². The largest absolute Gasteiger partial charge is 0.369 e. The first-order valence-electron chi connectivity index (χ1n) is 2.64. The summed E-state index contributed by atoms with van der Waals surface area (Å²) in [4.78, 5) is 3.99. The van der Waals surface area contributed by atoms with Crippen molar-refractivity contribution in [3.63, 3.8) is 0 Å². The molecule has 0 unspecified atom stereocenters. The normalized spacial score (nSPS) is 11.6. The quantitative estimate of drug-likeness (QED) is 0.347. The Balaban J connectivity index is 3.30. The smallest absolute Gasteiger partial charge is 0.199 e. The molecule has 3 nitrogen and oxygen atoms in total. The van der Waals surface area contributed by atoms with Crippen LogP contribution in [0.4, 0.5) is 0 Å². The highest BCUT2D eigenvalue weighted by Gasteiger charge is 1.84. The van der Waals surface area contributed by atoms with Crippen molar-refractivity contribution in [1.29, 1.82) is 0 Å². The summed E-state index contributed by atoms with van der Waals surface area (Å²) in [6.45, 7) is 2.87. The molecule has 0 saturated carbocycles. The van der Waals surface area contributed by atoms with E-state index in [4.69, 9.17) is 5.73 Å². The van der Waals surface area contributed by atoms with Gasteiger partial charge in [-0.05, 0) is 6.42 Å². The lowest BCUT2D eigenvalue weighted by Gasteiger charge is -1.96. The molecule has 0 aromatic rings. The Morgan fingerprint density at radius 2 is 2.56 bits per heavy atom. The van der Waals surface area contributed by atoms with Gasteiger partial charge in [0.05, 0.1) is 0 Å². The Kier molecular flexibility index (Phi) is 6.72. The zero-order valence-electron chi connectivity index (χ0n) is 5.22. The third-order valence-electron chi connectivity index (χ3n) is 0.649. The molecule has 0 aromatic carbocycles. The lowest BCUT2D eigenvalue weighted by molar-refractivity contribution is 0.925. The molecule has 0 spiro atoms. The van der Waals surface area contributed by atoms with E-state index in [1.807, 2.05) is 0 Å². The summed E-state index contributed by atoms with van der Waals surface area (Å²) < 4.78 is 2.81. The Hall–Kier alpha value is 0.350. The second-order valence-corrected chi connectivity index (χ2v) is 3.13. The van der Waals surface area contributed by atoms with E-state index in [0.717, 1.165) is 13.0 Å². The Bertz CT molecular complexity index is 95.8. The molecule has 0 saturated heterocycles. The number of nitrogens with zero attached hydrogens (tertiary/aromatic N) is 1. The minimum atomic E-state index is 0.510. The van der Waals surface area contributed by atoms with Crippen molar-refractivity contribution in [2.45, 2.75) is 13.3 Å². The zero-order chi connectivity index (χ0) is 7.11. The number of rotatable bonds is 3. The molecule has 0 aliphatic heterocycles. The van der Waals surface area contributed by atoms with Crippen LogP contribution < -0.4 is 10.5 Å². The molecule has 5 heteroatoms. The van der Waals surface area contributed by atoms with E-state index in [2.05, 4.69) is 37.8 Å². The maximum Gasteiger partial charge on any atom is 0.199 e. The zero-order valence-corrected chi connectivity index (χ0v) is 8.20. The first-order valence-corrected chi connectivity index (χ1v) is 6.00. The molecular formula is C4H10IN3S. The number of nitrogens with one attached hydrogen (secondary N) is 1. The van der Waals surface area contributed by atoms with Gasteiger partial charge in [0.15, 0.2) is 5.96 Å². The minimum Gasteiger partial charge on any atom is -0.369 e. The fourth-order valence-corrected chi connectivity index (χ4v) is 1.12. The first-order chi connectivity index (χ1) is 4.31. The molecule has 0 atom stereocenters. The van der Waals surface area contributed by atoms with Gasteiger partial charge in [-0.15, -0.1) is 0 Å². The van der Waals surface area contributed by atoms with E-state index in [1.54, 1.807) is 0 Å². The highest BCUT2D eigenvalue weighted by Crippen LogP contribution is 2.02. The number of hydrogen-bond donors (Lipinski definition) is 2. The van der Waals surface area contributed by atoms with Crippen LogP contribution in [-0.2, 0) is 0 Å². The van der Waals surface area contributed by atoms with Crippen LogP contribution in [0.25, 0.3) is 0 Å². The molecular weight excluding hydrogens is 249 g/mol. The van der Waals surface area contributed by atoms with Crippen molar-refractivity contribution in [2.24, 2.45) is 10.7 Å². The summed E-state index contributed by atoms with van der Waals surface area (Å²) in [5, 5.41) is 0. The van der Waals surface area contributed by atoms with Gasteiger partial charge in [-0.25, -0.2) is 0 Å². The molecule has 54 valence electrons. The van der Waals surface area contributed by atoms with Gasteiger partial charge in [0.25, 0.3) is 0 Å². The average Bonchev–Trinajstić information content (AvgIpc) is 1.85. The molecule has 3 N–H and O–H groups in total. The van der Waals surface area contributed by atoms with Gasteiger partial charge in [0.1, 0.15) is 0 Å². The predicted molar refractivity (Wildman–Crippen MR) is 51.5 cm³/mol. The first kappa shape index (κ1) is 9.35. The van der Waals surface area contributed by atoms with Crippen LogP contribution >= 0.6 is 30.3 Å². The summed E-state index contributed by atoms with van der Waals surface area (Å²) in [5.74, 6) is 0.510. The Morgan fingerprint density at radius 1 is 1.89 bits per heavy atom. The standard InChI is InChI=1S/C4H10IN3S/c1-2-3-7-4(6)8-9-5/h2-3H2,1H3,(H3,6,7,8). The fourth-order valence-electron chi connectivity index (χ4n) is 0.304. The summed E-state index contributed by atoms with van der Waals surface area (Å²) >= 11 is 2.10. The van der Waals surface area contributed by atoms with Gasteiger partial charge in [-0.1, -0.05) is 6.92 Å². The van der Waals surface area contributed by atoms with Gasteiger partial charge in [-0.3, -0.25) is 9.71 Å². The molecule has 0 aliphatic rings. The van der Waals surface area contributed by atoms with E-state index in [-0.39, 0.29) is 0 Å². The van der Waals surface area contributed by atoms with E-state index < -0.39 is 0 Å². The Labute approximate surface area is 71.6 Å². The maximum absolute atomic E-state index is 5.38. The Morgan fingerprint density at radius 3 is 3.00 bits per heavy atom. The molecule has 0 rings (SSSR count). The fraction of sp³-hybridized carbons (Fsp3) is 0.750. The van der Waals surface area contributed by atoms with Gasteiger partial charge < -0.3 is 5.73 Å². The summed E-state index contributed by atoms with van der Waals surface area (Å²) in [7, 11) is 1.42. The van der Waals surface area contributed by atoms with E-state index in [1.165, 1.54) is 9.12 Å². The number of hydrogen-bond acceptors (Lipinski definition) is 2. The molecule has 0 aromatic heterocycles. The minimum absolute atomic E-state index is 0.510. The van der Waals surface area contributed by atoms with Crippen LogP contribution in [0.15, 0.2) is 4.99 Å². The SMILES string of the molecule is CCCN=C(N)NSI. The van der Waals surface area contributed by atoms with Crippen molar-refractivity contribution in [3.05, 3.63) is 0 Å². The second kappa shape index (κ2) is 6.47. The monoisotopic (exact) mass is 259 g/mol. The van der Waals surface area contributed by atoms with Gasteiger partial charge in [-0.2, -0.15) is 0 Å². The highest BCUT2D eigenvalue weighted by atomic mass is 127. The summed E-state index contributed by atoms with van der Waals surface area (Å²) in [6, 6.07) is 0. The van der Waals surface area contributed by atoms with Crippen molar-refractivity contribution >= 4 is 36.3 Å². The molecule has 0 fully saturated rings. The topological polar surface area (TPSA) is 50.4 Å². The van der Waals surface area contributed by atoms with Crippen LogP contribution in [0.2, 0.25) is 0 Å². The van der Waals surface area contributed by atoms with Gasteiger partial charge in [0.2, 0.25) is 0 Å². The van der Waals surface area contributed by atoms with Crippen LogP contribution in [-0.4, -0.2) is 12.5 Å². The lowest BCUT2D eigenvalue weighted by Crippen LogP contribution is -2.24. The average molecular weight is 259 g/mol. The van der Waals surface area contributed by atoms with Crippen LogP contribution in [0.3, 0.4) is 0 Å². The predicted octanol–water partition coefficient (Wildman–Crippen LogP) is 1.30. The number of guanidine groups is 1. The molecule has 9 heavy (non-hydrogen) atoms. The lowest BCUT2D eigenvalue weighted by atomic mass is 10.5. The summed E-state index contributed by atoms with van der Waals surface area (Å²) in [6.07, 6.45) is 1.04. The van der Waals surface area contributed by atoms with Gasteiger partial charge >= 0.3 is 0 Å². The van der Waals surface area contributed by atoms with Crippen molar-refractivity contribution in [3.8, 4) is 0 Å².